The Balaban J connectivity index is 1.69. The number of hydrogen-bond acceptors (Lipinski definition) is 2. The van der Waals surface area contributed by atoms with Gasteiger partial charge < -0.3 is 9.80 Å². The van der Waals surface area contributed by atoms with E-state index in [1.807, 2.05) is 4.90 Å². The molecule has 0 aliphatic carbocycles. The van der Waals surface area contributed by atoms with E-state index >= 15 is 0 Å². The molecular weight excluding hydrogens is 271 g/mol. The minimum atomic E-state index is -0.266. The molecule has 1 aromatic carbocycles. The molecule has 2 fully saturated rings. The van der Waals surface area contributed by atoms with Gasteiger partial charge in [-0.2, -0.15) is 0 Å². The predicted octanol–water partition coefficient (Wildman–Crippen LogP) is 2.11. The average molecular weight is 290 g/mol. The molecule has 2 heterocycles. The maximum Gasteiger partial charge on any atom is 0.242 e. The van der Waals surface area contributed by atoms with Gasteiger partial charge >= 0.3 is 0 Å². The number of likely N-dealkylation sites (tertiary alicyclic amines) is 2. The number of amides is 2. The van der Waals surface area contributed by atoms with Crippen LogP contribution in [-0.2, 0) is 9.59 Å². The Kier molecular flexibility index (Phi) is 3.90. The summed E-state index contributed by atoms with van der Waals surface area (Å²) in [4.78, 5) is 27.6. The van der Waals surface area contributed by atoms with Gasteiger partial charge in [-0.1, -0.05) is 12.1 Å². The zero-order valence-corrected chi connectivity index (χ0v) is 11.9. The molecule has 0 radical (unpaired) electrons. The third-order valence-electron chi connectivity index (χ3n) is 4.33. The molecule has 1 aromatic rings. The van der Waals surface area contributed by atoms with Crippen molar-refractivity contribution in [1.82, 2.24) is 9.80 Å². The first-order valence-electron chi connectivity index (χ1n) is 7.48. The Morgan fingerprint density at radius 2 is 1.95 bits per heavy atom. The molecule has 3 rings (SSSR count). The van der Waals surface area contributed by atoms with Crippen LogP contribution in [0.15, 0.2) is 24.3 Å². The van der Waals surface area contributed by atoms with Crippen molar-refractivity contribution < 1.29 is 14.0 Å². The van der Waals surface area contributed by atoms with E-state index in [1.165, 1.54) is 12.1 Å². The van der Waals surface area contributed by atoms with Crippen molar-refractivity contribution in [2.45, 2.75) is 31.7 Å². The highest BCUT2D eigenvalue weighted by molar-refractivity contribution is 5.86. The number of hydrogen-bond donors (Lipinski definition) is 0. The summed E-state index contributed by atoms with van der Waals surface area (Å²) in [6.45, 7) is 1.57. The van der Waals surface area contributed by atoms with Gasteiger partial charge in [-0.25, -0.2) is 4.39 Å². The molecule has 5 heteroatoms. The summed E-state index contributed by atoms with van der Waals surface area (Å²) in [5.74, 6) is -0.199. The van der Waals surface area contributed by atoms with E-state index in [-0.39, 0.29) is 30.2 Å². The fourth-order valence-electron chi connectivity index (χ4n) is 3.22. The largest absolute Gasteiger partial charge is 0.334 e. The summed E-state index contributed by atoms with van der Waals surface area (Å²) < 4.78 is 13.0. The number of rotatable bonds is 3. The van der Waals surface area contributed by atoms with Crippen LogP contribution in [0.4, 0.5) is 4.39 Å². The lowest BCUT2D eigenvalue weighted by molar-refractivity contribution is -0.139. The smallest absolute Gasteiger partial charge is 0.242 e. The Labute approximate surface area is 123 Å². The molecule has 0 N–H and O–H groups in total. The lowest BCUT2D eigenvalue weighted by Gasteiger charge is -2.27. The van der Waals surface area contributed by atoms with Crippen LogP contribution in [0.1, 0.15) is 37.3 Å². The highest BCUT2D eigenvalue weighted by Gasteiger charge is 2.32. The van der Waals surface area contributed by atoms with Crippen molar-refractivity contribution >= 4 is 11.8 Å². The van der Waals surface area contributed by atoms with E-state index in [1.54, 1.807) is 17.0 Å². The lowest BCUT2D eigenvalue weighted by Crippen LogP contribution is -2.40. The second kappa shape index (κ2) is 5.84. The topological polar surface area (TPSA) is 40.6 Å². The van der Waals surface area contributed by atoms with Gasteiger partial charge in [0.25, 0.3) is 0 Å². The van der Waals surface area contributed by atoms with Crippen LogP contribution in [-0.4, -0.2) is 41.2 Å². The Hall–Kier alpha value is -1.91. The summed E-state index contributed by atoms with van der Waals surface area (Å²) >= 11 is 0. The number of carbonyl (C=O) groups is 2. The number of nitrogens with zero attached hydrogens (tertiary/aromatic N) is 2. The minimum absolute atomic E-state index is 0.00271. The molecule has 1 unspecified atom stereocenters. The predicted molar refractivity (Wildman–Crippen MR) is 75.9 cm³/mol. The minimum Gasteiger partial charge on any atom is -0.334 e. The Morgan fingerprint density at radius 3 is 2.62 bits per heavy atom. The maximum atomic E-state index is 13.0. The zero-order chi connectivity index (χ0) is 14.8. The molecule has 4 nitrogen and oxygen atoms in total. The molecular formula is C16H19FN2O2. The quantitative estimate of drug-likeness (QED) is 0.855. The van der Waals surface area contributed by atoms with Crippen LogP contribution in [0, 0.1) is 5.82 Å². The normalized spacial score (nSPS) is 22.1. The van der Waals surface area contributed by atoms with Gasteiger partial charge in [-0.05, 0) is 37.0 Å². The van der Waals surface area contributed by atoms with E-state index in [2.05, 4.69) is 0 Å². The Morgan fingerprint density at radius 1 is 1.19 bits per heavy atom. The fraction of sp³-hybridized carbons (Fsp3) is 0.500. The molecule has 21 heavy (non-hydrogen) atoms. The van der Waals surface area contributed by atoms with Crippen LogP contribution in [0.5, 0.6) is 0 Å². The van der Waals surface area contributed by atoms with Gasteiger partial charge in [0.15, 0.2) is 0 Å². The third kappa shape index (κ3) is 2.91. The molecule has 112 valence electrons. The number of halogens is 1. The van der Waals surface area contributed by atoms with Crippen LogP contribution in [0.3, 0.4) is 0 Å². The van der Waals surface area contributed by atoms with Crippen molar-refractivity contribution in [3.63, 3.8) is 0 Å². The monoisotopic (exact) mass is 290 g/mol. The van der Waals surface area contributed by atoms with Gasteiger partial charge in [-0.3, -0.25) is 9.59 Å². The first-order valence-corrected chi connectivity index (χ1v) is 7.48. The Bertz CT molecular complexity index is 544. The van der Waals surface area contributed by atoms with Crippen molar-refractivity contribution in [3.8, 4) is 0 Å². The fourth-order valence-corrected chi connectivity index (χ4v) is 3.22. The van der Waals surface area contributed by atoms with Crippen molar-refractivity contribution in [2.24, 2.45) is 0 Å². The zero-order valence-electron chi connectivity index (χ0n) is 11.9. The highest BCUT2D eigenvalue weighted by atomic mass is 19.1. The van der Waals surface area contributed by atoms with E-state index in [0.29, 0.717) is 19.5 Å². The molecule has 0 spiro atoms. The first-order chi connectivity index (χ1) is 10.1. The third-order valence-corrected chi connectivity index (χ3v) is 4.33. The summed E-state index contributed by atoms with van der Waals surface area (Å²) in [5, 5.41) is 0. The van der Waals surface area contributed by atoms with Gasteiger partial charge in [0, 0.05) is 19.5 Å². The molecule has 0 saturated carbocycles. The van der Waals surface area contributed by atoms with Crippen molar-refractivity contribution in [2.75, 3.05) is 19.6 Å². The number of carbonyl (C=O) groups excluding carboxylic acids is 2. The van der Waals surface area contributed by atoms with Crippen molar-refractivity contribution in [1.29, 1.82) is 0 Å². The summed E-state index contributed by atoms with van der Waals surface area (Å²) in [6.07, 6.45) is 3.23. The van der Waals surface area contributed by atoms with E-state index in [4.69, 9.17) is 0 Å². The van der Waals surface area contributed by atoms with Crippen LogP contribution < -0.4 is 0 Å². The first kappa shape index (κ1) is 14.0. The molecule has 2 aliphatic heterocycles. The van der Waals surface area contributed by atoms with Crippen LogP contribution in [0.25, 0.3) is 0 Å². The van der Waals surface area contributed by atoms with E-state index < -0.39 is 0 Å². The van der Waals surface area contributed by atoms with Crippen LogP contribution >= 0.6 is 0 Å². The van der Waals surface area contributed by atoms with E-state index in [0.717, 1.165) is 24.8 Å². The second-order valence-electron chi connectivity index (χ2n) is 5.72. The summed E-state index contributed by atoms with van der Waals surface area (Å²) in [6, 6.07) is 6.36. The SMILES string of the molecule is O=C1CCCN1CC(=O)N1CCCC1c1ccc(F)cc1. The molecule has 1 atom stereocenters. The molecule has 2 amide bonds. The molecule has 2 aliphatic rings. The molecule has 0 aromatic heterocycles. The average Bonchev–Trinajstić information content (AvgIpc) is 3.09. The van der Waals surface area contributed by atoms with Crippen molar-refractivity contribution in [3.05, 3.63) is 35.6 Å². The van der Waals surface area contributed by atoms with Gasteiger partial charge in [-0.15, -0.1) is 0 Å². The molecule has 0 bridgehead atoms. The van der Waals surface area contributed by atoms with Crippen LogP contribution in [0.2, 0.25) is 0 Å². The van der Waals surface area contributed by atoms with E-state index in [9.17, 15) is 14.0 Å². The van der Waals surface area contributed by atoms with Gasteiger partial charge in [0.1, 0.15) is 5.82 Å². The lowest BCUT2D eigenvalue weighted by atomic mass is 10.0. The van der Waals surface area contributed by atoms with Gasteiger partial charge in [0.05, 0.1) is 12.6 Å². The maximum absolute atomic E-state index is 13.0. The number of benzene rings is 1. The van der Waals surface area contributed by atoms with Gasteiger partial charge in [0.2, 0.25) is 11.8 Å². The highest BCUT2D eigenvalue weighted by Crippen LogP contribution is 2.32. The standard InChI is InChI=1S/C16H19FN2O2/c17-13-7-5-12(6-8-13)14-3-1-10-19(14)16(21)11-18-9-2-4-15(18)20/h5-8,14H,1-4,9-11H2. The summed E-state index contributed by atoms with van der Waals surface area (Å²) in [5.41, 5.74) is 0.968. The summed E-state index contributed by atoms with van der Waals surface area (Å²) in [7, 11) is 0. The molecule has 2 saturated heterocycles. The second-order valence-corrected chi connectivity index (χ2v) is 5.72.